The summed E-state index contributed by atoms with van der Waals surface area (Å²) < 4.78 is 0. The van der Waals surface area contributed by atoms with E-state index >= 15 is 0 Å². The number of hydrogen-bond acceptors (Lipinski definition) is 4. The molecule has 0 aliphatic heterocycles. The molecule has 1 aromatic carbocycles. The molecule has 0 aliphatic carbocycles. The average molecular weight is 274 g/mol. The highest BCUT2D eigenvalue weighted by atomic mass is 35.5. The van der Waals surface area contributed by atoms with Crippen molar-refractivity contribution in [3.63, 3.8) is 0 Å². The van der Waals surface area contributed by atoms with Gasteiger partial charge in [0, 0.05) is 15.6 Å². The first-order valence-electron chi connectivity index (χ1n) is 5.18. The molecule has 0 aliphatic rings. The first-order chi connectivity index (χ1) is 7.95. The molecule has 1 unspecified atom stereocenters. The summed E-state index contributed by atoms with van der Waals surface area (Å²) >= 11 is 7.21. The lowest BCUT2D eigenvalue weighted by atomic mass is 10.1. The molecule has 1 atom stereocenters. The van der Waals surface area contributed by atoms with Crippen molar-refractivity contribution in [2.75, 3.05) is 5.73 Å². The third-order valence-corrected chi connectivity index (χ3v) is 4.11. The maximum Gasteiger partial charge on any atom is 0.247 e. The van der Waals surface area contributed by atoms with Gasteiger partial charge < -0.3 is 5.73 Å². The minimum absolute atomic E-state index is 0.152. The summed E-state index contributed by atoms with van der Waals surface area (Å²) in [6.45, 7) is 3.91. The fourth-order valence-corrected chi connectivity index (χ4v) is 2.58. The largest absolute Gasteiger partial charge is 0.398 e. The van der Waals surface area contributed by atoms with E-state index in [-0.39, 0.29) is 17.1 Å². The number of amides is 1. The number of nitrogens with one attached hydrogen (secondary N) is 1. The zero-order valence-electron chi connectivity index (χ0n) is 9.74. The molecular weight excluding hydrogens is 258 g/mol. The van der Waals surface area contributed by atoms with Crippen molar-refractivity contribution < 1.29 is 4.79 Å². The second kappa shape index (κ2) is 6.14. The van der Waals surface area contributed by atoms with Gasteiger partial charge in [0.1, 0.15) is 0 Å². The fraction of sp³-hybridized carbons (Fsp3) is 0.364. The Morgan fingerprint density at radius 1 is 1.47 bits per heavy atom. The van der Waals surface area contributed by atoms with Gasteiger partial charge in [0.2, 0.25) is 5.91 Å². The van der Waals surface area contributed by atoms with Gasteiger partial charge in [0.05, 0.1) is 5.25 Å². The summed E-state index contributed by atoms with van der Waals surface area (Å²) in [7, 11) is 0. The van der Waals surface area contributed by atoms with Crippen LogP contribution in [0, 0.1) is 5.92 Å². The number of thioether (sulfide) groups is 1. The molecule has 0 fully saturated rings. The predicted octanol–water partition coefficient (Wildman–Crippen LogP) is 2.03. The van der Waals surface area contributed by atoms with Crippen LogP contribution in [0.15, 0.2) is 23.1 Å². The number of nitrogen functional groups attached to an aromatic ring is 1. The third-order valence-electron chi connectivity index (χ3n) is 2.23. The predicted molar refractivity (Wildman–Crippen MR) is 72.7 cm³/mol. The van der Waals surface area contributed by atoms with E-state index < -0.39 is 0 Å². The topological polar surface area (TPSA) is 81.1 Å². The first kappa shape index (κ1) is 14.2. The Labute approximate surface area is 110 Å². The zero-order chi connectivity index (χ0) is 13.0. The number of carbonyl (C=O) groups excluding carboxylic acids is 1. The monoisotopic (exact) mass is 273 g/mol. The Morgan fingerprint density at radius 3 is 2.59 bits per heavy atom. The normalized spacial score (nSPS) is 12.5. The highest BCUT2D eigenvalue weighted by molar-refractivity contribution is 8.00. The molecule has 0 spiro atoms. The Morgan fingerprint density at radius 2 is 2.12 bits per heavy atom. The second-order valence-corrected chi connectivity index (χ2v) is 5.59. The molecule has 0 saturated carbocycles. The Kier molecular flexibility index (Phi) is 5.11. The molecule has 1 rings (SSSR count). The Balaban J connectivity index is 2.90. The molecule has 0 bridgehead atoms. The van der Waals surface area contributed by atoms with Gasteiger partial charge in [-0.2, -0.15) is 0 Å². The molecule has 17 heavy (non-hydrogen) atoms. The number of hydrazine groups is 1. The van der Waals surface area contributed by atoms with Crippen molar-refractivity contribution >= 4 is 35.0 Å². The van der Waals surface area contributed by atoms with Crippen molar-refractivity contribution in [1.29, 1.82) is 0 Å². The SMILES string of the molecule is CC(C)C(Sc1ccc(Cl)cc1N)C(=O)NN. The van der Waals surface area contributed by atoms with Crippen molar-refractivity contribution in [3.05, 3.63) is 23.2 Å². The second-order valence-electron chi connectivity index (χ2n) is 3.97. The van der Waals surface area contributed by atoms with E-state index in [9.17, 15) is 4.79 Å². The first-order valence-corrected chi connectivity index (χ1v) is 6.43. The molecule has 5 N–H and O–H groups in total. The molecular formula is C11H16ClN3OS. The zero-order valence-corrected chi connectivity index (χ0v) is 11.3. The van der Waals surface area contributed by atoms with Gasteiger partial charge in [-0.05, 0) is 24.1 Å². The molecule has 0 radical (unpaired) electrons. The summed E-state index contributed by atoms with van der Waals surface area (Å²) in [6.07, 6.45) is 0. The van der Waals surface area contributed by atoms with Gasteiger partial charge in [0.15, 0.2) is 0 Å². The standard InChI is InChI=1S/C11H16ClN3OS/c1-6(2)10(11(16)15-14)17-9-4-3-7(12)5-8(9)13/h3-6,10H,13-14H2,1-2H3,(H,15,16). The van der Waals surface area contributed by atoms with E-state index in [0.717, 1.165) is 4.90 Å². The van der Waals surface area contributed by atoms with E-state index in [1.54, 1.807) is 12.1 Å². The van der Waals surface area contributed by atoms with Gasteiger partial charge in [-0.1, -0.05) is 25.4 Å². The number of halogens is 1. The Hall–Kier alpha value is -0.910. The molecule has 0 heterocycles. The number of hydrogen-bond donors (Lipinski definition) is 3. The van der Waals surface area contributed by atoms with E-state index in [4.69, 9.17) is 23.2 Å². The number of benzene rings is 1. The summed E-state index contributed by atoms with van der Waals surface area (Å²) in [6, 6.07) is 5.22. The van der Waals surface area contributed by atoms with Crippen molar-refractivity contribution in [1.82, 2.24) is 5.43 Å². The fourth-order valence-electron chi connectivity index (χ4n) is 1.34. The van der Waals surface area contributed by atoms with Crippen LogP contribution in [0.25, 0.3) is 0 Å². The third kappa shape index (κ3) is 3.80. The van der Waals surface area contributed by atoms with Crippen LogP contribution in [-0.2, 0) is 4.79 Å². The van der Waals surface area contributed by atoms with E-state index in [0.29, 0.717) is 10.7 Å². The van der Waals surface area contributed by atoms with Crippen LogP contribution < -0.4 is 17.0 Å². The highest BCUT2D eigenvalue weighted by Crippen LogP contribution is 2.33. The summed E-state index contributed by atoms with van der Waals surface area (Å²) in [4.78, 5) is 12.4. The van der Waals surface area contributed by atoms with Crippen LogP contribution in [0.5, 0.6) is 0 Å². The molecule has 0 saturated heterocycles. The molecule has 6 heteroatoms. The van der Waals surface area contributed by atoms with Gasteiger partial charge >= 0.3 is 0 Å². The quantitative estimate of drug-likeness (QED) is 0.258. The van der Waals surface area contributed by atoms with E-state index in [2.05, 4.69) is 5.43 Å². The number of carbonyl (C=O) groups is 1. The maximum atomic E-state index is 11.6. The minimum Gasteiger partial charge on any atom is -0.398 e. The van der Waals surface area contributed by atoms with Gasteiger partial charge in [0.25, 0.3) is 0 Å². The van der Waals surface area contributed by atoms with Gasteiger partial charge in [-0.25, -0.2) is 5.84 Å². The lowest BCUT2D eigenvalue weighted by molar-refractivity contribution is -0.121. The Bertz CT molecular complexity index is 412. The van der Waals surface area contributed by atoms with Crippen molar-refractivity contribution in [2.24, 2.45) is 11.8 Å². The lowest BCUT2D eigenvalue weighted by Crippen LogP contribution is -2.39. The molecule has 4 nitrogen and oxygen atoms in total. The van der Waals surface area contributed by atoms with Crippen LogP contribution in [0.2, 0.25) is 5.02 Å². The maximum absolute atomic E-state index is 11.6. The van der Waals surface area contributed by atoms with Crippen LogP contribution in [0.4, 0.5) is 5.69 Å². The number of nitrogens with two attached hydrogens (primary N) is 2. The number of rotatable bonds is 4. The highest BCUT2D eigenvalue weighted by Gasteiger charge is 2.23. The van der Waals surface area contributed by atoms with E-state index in [1.807, 2.05) is 19.9 Å². The summed E-state index contributed by atoms with van der Waals surface area (Å²) in [5.41, 5.74) is 8.58. The van der Waals surface area contributed by atoms with E-state index in [1.165, 1.54) is 11.8 Å². The van der Waals surface area contributed by atoms with Crippen LogP contribution >= 0.6 is 23.4 Å². The molecule has 0 aromatic heterocycles. The lowest BCUT2D eigenvalue weighted by Gasteiger charge is -2.19. The van der Waals surface area contributed by atoms with Gasteiger partial charge in [-0.15, -0.1) is 11.8 Å². The molecule has 1 aromatic rings. The summed E-state index contributed by atoms with van der Waals surface area (Å²) in [5, 5.41) is 0.305. The van der Waals surface area contributed by atoms with Crippen LogP contribution in [-0.4, -0.2) is 11.2 Å². The van der Waals surface area contributed by atoms with Gasteiger partial charge in [-0.3, -0.25) is 10.2 Å². The van der Waals surface area contributed by atoms with Crippen LogP contribution in [0.1, 0.15) is 13.8 Å². The van der Waals surface area contributed by atoms with Crippen molar-refractivity contribution in [3.8, 4) is 0 Å². The summed E-state index contributed by atoms with van der Waals surface area (Å²) in [5.74, 6) is 5.10. The number of anilines is 1. The van der Waals surface area contributed by atoms with Crippen LogP contribution in [0.3, 0.4) is 0 Å². The smallest absolute Gasteiger partial charge is 0.247 e. The van der Waals surface area contributed by atoms with Crippen molar-refractivity contribution in [2.45, 2.75) is 24.0 Å². The minimum atomic E-state index is -0.275. The molecule has 1 amide bonds. The molecule has 94 valence electrons. The average Bonchev–Trinajstić information content (AvgIpc) is 2.26.